The molecule has 0 spiro atoms. The molecule has 2 fully saturated rings. The number of fused-ring (bicyclic) bond motifs is 3. The molecule has 3 nitrogen and oxygen atoms in total. The first-order valence-electron chi connectivity index (χ1n) is 6.57. The summed E-state index contributed by atoms with van der Waals surface area (Å²) in [4.78, 5) is 11.8. The topological polar surface area (TPSA) is 46.5 Å². The van der Waals surface area contributed by atoms with Crippen molar-refractivity contribution >= 4 is 25.8 Å². The Morgan fingerprint density at radius 2 is 2.33 bits per heavy atom. The second kappa shape index (κ2) is 4.63. The molecule has 0 amide bonds. The van der Waals surface area contributed by atoms with E-state index < -0.39 is 19.8 Å². The fourth-order valence-electron chi connectivity index (χ4n) is 3.20. The Bertz CT molecular complexity index is 440. The Labute approximate surface area is 115 Å². The number of carbonyl (C=O) groups is 1. The number of ether oxygens (including phenoxy) is 1. The van der Waals surface area contributed by atoms with Crippen LogP contribution in [0.25, 0.3) is 0 Å². The second-order valence-corrected chi connectivity index (χ2v) is 10.9. The van der Waals surface area contributed by atoms with Gasteiger partial charge in [-0.1, -0.05) is 0 Å². The first-order chi connectivity index (χ1) is 8.67. The number of hydrogen-bond donors (Lipinski definition) is 1. The van der Waals surface area contributed by atoms with Gasteiger partial charge in [-0.25, -0.2) is 0 Å². The standard InChI is InChI=1S/C14H19IO3/c1-3-15-7-10-8(6-11(15)16)5-9-12(10)13(9)14(17)18-4-2/h6-7,9,11-13,16H,3-5H2,1-2H3. The van der Waals surface area contributed by atoms with Crippen LogP contribution in [0.15, 0.2) is 21.3 Å². The number of allylic oxidation sites excluding steroid dienone is 2. The Morgan fingerprint density at radius 1 is 1.56 bits per heavy atom. The number of aliphatic hydroxyl groups excluding tert-OH is 1. The van der Waals surface area contributed by atoms with Crippen LogP contribution in [0.5, 0.6) is 0 Å². The normalized spacial score (nSPS) is 38.5. The predicted molar refractivity (Wildman–Crippen MR) is 78.5 cm³/mol. The molecule has 0 saturated heterocycles. The van der Waals surface area contributed by atoms with Crippen molar-refractivity contribution in [1.82, 2.24) is 0 Å². The van der Waals surface area contributed by atoms with E-state index >= 15 is 0 Å². The molecule has 0 aromatic heterocycles. The van der Waals surface area contributed by atoms with E-state index in [9.17, 15) is 9.90 Å². The number of alkyl halides is 2. The first-order valence-corrected chi connectivity index (χ1v) is 10.6. The summed E-state index contributed by atoms with van der Waals surface area (Å²) in [7, 11) is 0. The SMILES string of the molecule is CCOC(=O)C1C2CC3=CC(O)I(CC)C=C3C21. The molecular formula is C14H19IO3. The van der Waals surface area contributed by atoms with E-state index in [1.54, 1.807) is 0 Å². The van der Waals surface area contributed by atoms with Crippen LogP contribution < -0.4 is 0 Å². The van der Waals surface area contributed by atoms with Gasteiger partial charge in [0.25, 0.3) is 0 Å². The first kappa shape index (κ1) is 12.7. The summed E-state index contributed by atoms with van der Waals surface area (Å²) in [6.45, 7) is 4.49. The number of aliphatic hydroxyl groups is 1. The summed E-state index contributed by atoms with van der Waals surface area (Å²) in [5.41, 5.74) is 2.69. The van der Waals surface area contributed by atoms with Gasteiger partial charge in [-0.3, -0.25) is 0 Å². The van der Waals surface area contributed by atoms with Gasteiger partial charge >= 0.3 is 115 Å². The summed E-state index contributed by atoms with van der Waals surface area (Å²) in [6, 6.07) is 0. The molecule has 4 unspecified atom stereocenters. The summed E-state index contributed by atoms with van der Waals surface area (Å²) in [5, 5.41) is 10.0. The molecule has 4 heteroatoms. The Morgan fingerprint density at radius 3 is 3.00 bits per heavy atom. The number of halogens is 1. The van der Waals surface area contributed by atoms with Gasteiger partial charge in [-0.2, -0.15) is 0 Å². The van der Waals surface area contributed by atoms with Gasteiger partial charge < -0.3 is 0 Å². The molecule has 2 aliphatic carbocycles. The van der Waals surface area contributed by atoms with Gasteiger partial charge in [0.1, 0.15) is 0 Å². The molecule has 1 aliphatic heterocycles. The monoisotopic (exact) mass is 362 g/mol. The van der Waals surface area contributed by atoms with Crippen molar-refractivity contribution in [2.24, 2.45) is 17.8 Å². The zero-order valence-corrected chi connectivity index (χ0v) is 12.9. The minimum absolute atomic E-state index is 0.0181. The molecular weight excluding hydrogens is 343 g/mol. The van der Waals surface area contributed by atoms with Gasteiger partial charge in [0, 0.05) is 0 Å². The van der Waals surface area contributed by atoms with Crippen molar-refractivity contribution in [2.75, 3.05) is 11.0 Å². The van der Waals surface area contributed by atoms with Crippen LogP contribution in [0.3, 0.4) is 0 Å². The van der Waals surface area contributed by atoms with Gasteiger partial charge in [-0.15, -0.1) is 0 Å². The fourth-order valence-corrected chi connectivity index (χ4v) is 7.49. The maximum absolute atomic E-state index is 11.8. The van der Waals surface area contributed by atoms with E-state index in [1.165, 1.54) is 11.1 Å². The van der Waals surface area contributed by atoms with Crippen LogP contribution in [0.4, 0.5) is 0 Å². The number of esters is 1. The van der Waals surface area contributed by atoms with Crippen molar-refractivity contribution in [3.63, 3.8) is 0 Å². The molecule has 1 heterocycles. The molecule has 3 rings (SSSR count). The van der Waals surface area contributed by atoms with E-state index in [4.69, 9.17) is 4.74 Å². The fraction of sp³-hybridized carbons (Fsp3) is 0.643. The summed E-state index contributed by atoms with van der Waals surface area (Å²) < 4.78 is 8.40. The Kier molecular flexibility index (Phi) is 3.26. The van der Waals surface area contributed by atoms with Gasteiger partial charge in [0.05, 0.1) is 0 Å². The van der Waals surface area contributed by atoms with Crippen LogP contribution in [0.1, 0.15) is 20.3 Å². The van der Waals surface area contributed by atoms with Gasteiger partial charge in [0.15, 0.2) is 0 Å². The number of carbonyl (C=O) groups excluding carboxylic acids is 1. The van der Waals surface area contributed by atoms with Crippen LogP contribution in [-0.2, 0) is 9.53 Å². The van der Waals surface area contributed by atoms with Crippen LogP contribution in [0, 0.1) is 17.8 Å². The molecule has 2 saturated carbocycles. The van der Waals surface area contributed by atoms with E-state index in [1.807, 2.05) is 6.92 Å². The second-order valence-electron chi connectivity index (χ2n) is 5.00. The van der Waals surface area contributed by atoms with Crippen LogP contribution in [0.2, 0.25) is 0 Å². The molecule has 0 bridgehead atoms. The van der Waals surface area contributed by atoms with Crippen LogP contribution >= 0.6 is 19.8 Å². The Balaban J connectivity index is 1.77. The third-order valence-electron chi connectivity index (χ3n) is 4.11. The van der Waals surface area contributed by atoms with Crippen LogP contribution in [-0.4, -0.2) is 26.2 Å². The maximum atomic E-state index is 11.8. The number of rotatable bonds is 3. The van der Waals surface area contributed by atoms with E-state index in [0.29, 0.717) is 18.4 Å². The summed E-state index contributed by atoms with van der Waals surface area (Å²) >= 11 is -1.38. The zero-order chi connectivity index (χ0) is 12.9. The molecule has 4 atom stereocenters. The average molecular weight is 362 g/mol. The minimum atomic E-state index is -1.38. The van der Waals surface area contributed by atoms with E-state index in [0.717, 1.165) is 10.8 Å². The molecule has 0 aromatic carbocycles. The third-order valence-corrected chi connectivity index (χ3v) is 9.34. The summed E-state index contributed by atoms with van der Waals surface area (Å²) in [6.07, 6.45) is 3.03. The average Bonchev–Trinajstić information content (AvgIpc) is 2.94. The van der Waals surface area contributed by atoms with Crippen molar-refractivity contribution in [1.29, 1.82) is 0 Å². The van der Waals surface area contributed by atoms with Crippen molar-refractivity contribution in [2.45, 2.75) is 24.4 Å². The predicted octanol–water partition coefficient (Wildman–Crippen LogP) is 2.48. The van der Waals surface area contributed by atoms with Crippen molar-refractivity contribution in [3.8, 4) is 0 Å². The molecule has 3 aliphatic rings. The molecule has 1 N–H and O–H groups in total. The summed E-state index contributed by atoms with van der Waals surface area (Å²) in [5.74, 6) is 0.962. The van der Waals surface area contributed by atoms with E-state index in [2.05, 4.69) is 17.1 Å². The molecule has 0 aromatic rings. The van der Waals surface area contributed by atoms with Crippen molar-refractivity contribution in [3.05, 3.63) is 21.3 Å². The molecule has 0 radical (unpaired) electrons. The van der Waals surface area contributed by atoms with Gasteiger partial charge in [-0.05, 0) is 0 Å². The molecule has 18 heavy (non-hydrogen) atoms. The third kappa shape index (κ3) is 1.84. The molecule has 100 valence electrons. The van der Waals surface area contributed by atoms with Crippen molar-refractivity contribution < 1.29 is 14.6 Å². The van der Waals surface area contributed by atoms with Gasteiger partial charge in [0.2, 0.25) is 0 Å². The Hall–Kier alpha value is -0.360. The zero-order valence-electron chi connectivity index (χ0n) is 10.7. The number of hydrogen-bond acceptors (Lipinski definition) is 3. The van der Waals surface area contributed by atoms with E-state index in [-0.39, 0.29) is 16.0 Å². The quantitative estimate of drug-likeness (QED) is 0.477.